The summed E-state index contributed by atoms with van der Waals surface area (Å²) in [6.45, 7) is 2.82. The lowest BCUT2D eigenvalue weighted by Gasteiger charge is -2.23. The van der Waals surface area contributed by atoms with Crippen molar-refractivity contribution in [2.45, 2.75) is 6.42 Å². The highest BCUT2D eigenvalue weighted by molar-refractivity contribution is 5.95. The van der Waals surface area contributed by atoms with Gasteiger partial charge >= 0.3 is 0 Å². The molecule has 1 saturated heterocycles. The van der Waals surface area contributed by atoms with Crippen LogP contribution in [0.5, 0.6) is 11.5 Å². The fourth-order valence-electron chi connectivity index (χ4n) is 3.35. The van der Waals surface area contributed by atoms with E-state index in [1.54, 1.807) is 43.3 Å². The molecule has 1 aromatic carbocycles. The monoisotopic (exact) mass is 382 g/mol. The molecular weight excluding hydrogens is 360 g/mol. The highest BCUT2D eigenvalue weighted by atomic mass is 16.5. The Morgan fingerprint density at radius 1 is 1.00 bits per heavy atom. The van der Waals surface area contributed by atoms with Gasteiger partial charge in [-0.3, -0.25) is 4.79 Å². The van der Waals surface area contributed by atoms with E-state index in [1.165, 1.54) is 0 Å². The number of carbonyl (C=O) groups excluding carboxylic acids is 1. The third-order valence-corrected chi connectivity index (χ3v) is 4.85. The first-order valence-electron chi connectivity index (χ1n) is 9.12. The molecule has 0 radical (unpaired) electrons. The zero-order valence-electron chi connectivity index (χ0n) is 15.9. The number of ether oxygens (including phenoxy) is 2. The normalized spacial score (nSPS) is 14.8. The quantitative estimate of drug-likeness (QED) is 0.676. The number of rotatable bonds is 4. The topological polar surface area (TPSA) is 85.1 Å². The molecular formula is C19H22N6O3. The summed E-state index contributed by atoms with van der Waals surface area (Å²) >= 11 is 0. The molecule has 1 aliphatic heterocycles. The zero-order chi connectivity index (χ0) is 19.5. The summed E-state index contributed by atoms with van der Waals surface area (Å²) in [4.78, 5) is 17.1. The Balaban J connectivity index is 1.49. The molecule has 0 aliphatic carbocycles. The highest BCUT2D eigenvalue weighted by Gasteiger charge is 2.22. The minimum absolute atomic E-state index is 0.0266. The fourth-order valence-corrected chi connectivity index (χ4v) is 3.35. The number of methoxy groups -OCH3 is 2. The Kier molecular flexibility index (Phi) is 4.96. The Morgan fingerprint density at radius 3 is 2.54 bits per heavy atom. The summed E-state index contributed by atoms with van der Waals surface area (Å²) in [6, 6.07) is 9.08. The second-order valence-electron chi connectivity index (χ2n) is 6.56. The lowest BCUT2D eigenvalue weighted by molar-refractivity contribution is 0.0766. The van der Waals surface area contributed by atoms with E-state index in [-0.39, 0.29) is 5.91 Å². The second-order valence-corrected chi connectivity index (χ2v) is 6.56. The highest BCUT2D eigenvalue weighted by Crippen LogP contribution is 2.24. The molecule has 0 atom stereocenters. The molecule has 0 bridgehead atoms. The van der Waals surface area contributed by atoms with Crippen LogP contribution in [0.15, 0.2) is 36.7 Å². The van der Waals surface area contributed by atoms with Crippen LogP contribution in [0.2, 0.25) is 0 Å². The van der Waals surface area contributed by atoms with E-state index in [1.807, 2.05) is 17.0 Å². The Bertz CT molecular complexity index is 966. The predicted octanol–water partition coefficient (Wildman–Crippen LogP) is 1.49. The molecule has 3 heterocycles. The zero-order valence-corrected chi connectivity index (χ0v) is 15.9. The molecule has 9 nitrogen and oxygen atoms in total. The van der Waals surface area contributed by atoms with Gasteiger partial charge < -0.3 is 19.3 Å². The van der Waals surface area contributed by atoms with Crippen molar-refractivity contribution in [1.82, 2.24) is 24.7 Å². The summed E-state index contributed by atoms with van der Waals surface area (Å²) in [5.41, 5.74) is 1.27. The van der Waals surface area contributed by atoms with Crippen molar-refractivity contribution in [3.05, 3.63) is 42.2 Å². The molecule has 4 rings (SSSR count). The number of carbonyl (C=O) groups is 1. The number of hydrogen-bond donors (Lipinski definition) is 0. The SMILES string of the molecule is COc1cc(OC)cc(C(=O)N2CCCN(c3ccc4nncn4n3)CC2)c1. The van der Waals surface area contributed by atoms with Crippen molar-refractivity contribution < 1.29 is 14.3 Å². The molecule has 2 aromatic heterocycles. The molecule has 9 heteroatoms. The maximum atomic E-state index is 13.0. The van der Waals surface area contributed by atoms with E-state index >= 15 is 0 Å². The molecule has 146 valence electrons. The van der Waals surface area contributed by atoms with Crippen molar-refractivity contribution in [3.63, 3.8) is 0 Å². The van der Waals surface area contributed by atoms with Crippen LogP contribution >= 0.6 is 0 Å². The van der Waals surface area contributed by atoms with E-state index in [9.17, 15) is 4.79 Å². The molecule has 0 spiro atoms. The van der Waals surface area contributed by atoms with Gasteiger partial charge in [-0.15, -0.1) is 15.3 Å². The second kappa shape index (κ2) is 7.71. The minimum atomic E-state index is -0.0266. The fraction of sp³-hybridized carbons (Fsp3) is 0.368. The first-order chi connectivity index (χ1) is 13.7. The predicted molar refractivity (Wildman–Crippen MR) is 103 cm³/mol. The molecule has 1 fully saturated rings. The van der Waals surface area contributed by atoms with Crippen LogP contribution in [-0.4, -0.2) is 71.0 Å². The van der Waals surface area contributed by atoms with Crippen LogP contribution in [0.25, 0.3) is 5.65 Å². The first-order valence-corrected chi connectivity index (χ1v) is 9.12. The third kappa shape index (κ3) is 3.55. The van der Waals surface area contributed by atoms with Gasteiger partial charge in [-0.05, 0) is 30.7 Å². The lowest BCUT2D eigenvalue weighted by atomic mass is 10.1. The summed E-state index contributed by atoms with van der Waals surface area (Å²) < 4.78 is 12.2. The van der Waals surface area contributed by atoms with Crippen molar-refractivity contribution >= 4 is 17.4 Å². The Labute approximate surface area is 162 Å². The molecule has 1 aliphatic rings. The summed E-state index contributed by atoms with van der Waals surface area (Å²) in [6.07, 6.45) is 2.44. The standard InChI is InChI=1S/C19H22N6O3/c1-27-15-10-14(11-16(12-15)28-2)19(26)24-7-3-6-23(8-9-24)18-5-4-17-21-20-13-25(17)22-18/h4-5,10-13H,3,6-9H2,1-2H3. The average Bonchev–Trinajstić information content (AvgIpc) is 3.07. The molecule has 0 N–H and O–H groups in total. The Morgan fingerprint density at radius 2 is 1.79 bits per heavy atom. The van der Waals surface area contributed by atoms with Gasteiger partial charge in [-0.1, -0.05) is 0 Å². The van der Waals surface area contributed by atoms with Gasteiger partial charge in [0.2, 0.25) is 0 Å². The number of fused-ring (bicyclic) bond motifs is 1. The maximum Gasteiger partial charge on any atom is 0.254 e. The molecule has 28 heavy (non-hydrogen) atoms. The van der Waals surface area contributed by atoms with Crippen LogP contribution in [0.3, 0.4) is 0 Å². The van der Waals surface area contributed by atoms with Crippen LogP contribution in [0, 0.1) is 0 Å². The van der Waals surface area contributed by atoms with E-state index in [2.05, 4.69) is 20.2 Å². The smallest absolute Gasteiger partial charge is 0.254 e. The van der Waals surface area contributed by atoms with Crippen LogP contribution < -0.4 is 14.4 Å². The largest absolute Gasteiger partial charge is 0.497 e. The van der Waals surface area contributed by atoms with E-state index in [4.69, 9.17) is 9.47 Å². The van der Waals surface area contributed by atoms with Crippen molar-refractivity contribution in [1.29, 1.82) is 0 Å². The van der Waals surface area contributed by atoms with Gasteiger partial charge in [0.1, 0.15) is 23.6 Å². The average molecular weight is 382 g/mol. The van der Waals surface area contributed by atoms with Gasteiger partial charge in [0.25, 0.3) is 5.91 Å². The van der Waals surface area contributed by atoms with Crippen LogP contribution in [0.4, 0.5) is 5.82 Å². The first kappa shape index (κ1) is 18.0. The van der Waals surface area contributed by atoms with Gasteiger partial charge in [0.15, 0.2) is 5.65 Å². The maximum absolute atomic E-state index is 13.0. The van der Waals surface area contributed by atoms with Gasteiger partial charge in [-0.25, -0.2) is 0 Å². The third-order valence-electron chi connectivity index (χ3n) is 4.85. The van der Waals surface area contributed by atoms with E-state index < -0.39 is 0 Å². The van der Waals surface area contributed by atoms with E-state index in [0.29, 0.717) is 42.3 Å². The Hall–Kier alpha value is -3.36. The summed E-state index contributed by atoms with van der Waals surface area (Å²) in [7, 11) is 3.15. The molecule has 1 amide bonds. The number of benzene rings is 1. The van der Waals surface area contributed by atoms with E-state index in [0.717, 1.165) is 18.8 Å². The molecule has 3 aromatic rings. The number of aromatic nitrogens is 4. The minimum Gasteiger partial charge on any atom is -0.497 e. The number of nitrogens with zero attached hydrogens (tertiary/aromatic N) is 6. The summed E-state index contributed by atoms with van der Waals surface area (Å²) in [5.74, 6) is 2.03. The van der Waals surface area contributed by atoms with Crippen molar-refractivity contribution in [2.75, 3.05) is 45.3 Å². The van der Waals surface area contributed by atoms with Crippen LogP contribution in [0.1, 0.15) is 16.8 Å². The van der Waals surface area contributed by atoms with Gasteiger partial charge in [0, 0.05) is 37.8 Å². The lowest BCUT2D eigenvalue weighted by Crippen LogP contribution is -2.35. The molecule has 0 saturated carbocycles. The number of amides is 1. The van der Waals surface area contributed by atoms with Crippen molar-refractivity contribution in [2.24, 2.45) is 0 Å². The number of anilines is 1. The number of hydrogen-bond acceptors (Lipinski definition) is 7. The van der Waals surface area contributed by atoms with Crippen LogP contribution in [-0.2, 0) is 0 Å². The van der Waals surface area contributed by atoms with Gasteiger partial charge in [-0.2, -0.15) is 4.52 Å². The van der Waals surface area contributed by atoms with Gasteiger partial charge in [0.05, 0.1) is 14.2 Å². The molecule has 0 unspecified atom stereocenters. The summed E-state index contributed by atoms with van der Waals surface area (Å²) in [5, 5.41) is 12.4. The van der Waals surface area contributed by atoms with Crippen molar-refractivity contribution in [3.8, 4) is 11.5 Å².